The number of furan rings is 1. The molecule has 0 unspecified atom stereocenters. The molecular formula is C20H19N3O3S. The Bertz CT molecular complexity index is 994. The minimum atomic E-state index is -0.400. The third-order valence-electron chi connectivity index (χ3n) is 4.54. The quantitative estimate of drug-likeness (QED) is 0.697. The van der Waals surface area contributed by atoms with Crippen molar-refractivity contribution in [2.75, 3.05) is 13.1 Å². The molecule has 0 N–H and O–H groups in total. The highest BCUT2D eigenvalue weighted by Gasteiger charge is 2.19. The van der Waals surface area contributed by atoms with Crippen molar-refractivity contribution in [2.45, 2.75) is 19.4 Å². The molecule has 1 fully saturated rings. The lowest BCUT2D eigenvalue weighted by molar-refractivity contribution is 0.0792. The van der Waals surface area contributed by atoms with Crippen LogP contribution < -0.4 is 4.80 Å². The van der Waals surface area contributed by atoms with E-state index >= 15 is 0 Å². The second kappa shape index (κ2) is 7.75. The highest BCUT2D eigenvalue weighted by molar-refractivity contribution is 7.07. The zero-order valence-corrected chi connectivity index (χ0v) is 15.5. The van der Waals surface area contributed by atoms with Crippen molar-refractivity contribution >= 4 is 23.2 Å². The molecule has 0 aliphatic carbocycles. The Kier molecular flexibility index (Phi) is 5.02. The van der Waals surface area contributed by atoms with E-state index in [0.717, 1.165) is 31.5 Å². The van der Waals surface area contributed by atoms with Crippen LogP contribution in [0.5, 0.6) is 0 Å². The molecule has 2 amide bonds. The average molecular weight is 381 g/mol. The van der Waals surface area contributed by atoms with Gasteiger partial charge in [-0.15, -0.1) is 11.3 Å². The number of hydrogen-bond donors (Lipinski definition) is 0. The van der Waals surface area contributed by atoms with Gasteiger partial charge in [-0.05, 0) is 42.7 Å². The maximum atomic E-state index is 12.4. The fourth-order valence-corrected chi connectivity index (χ4v) is 3.83. The van der Waals surface area contributed by atoms with Crippen molar-refractivity contribution in [3.63, 3.8) is 0 Å². The van der Waals surface area contributed by atoms with Gasteiger partial charge in [0, 0.05) is 36.8 Å². The van der Waals surface area contributed by atoms with Gasteiger partial charge in [0.25, 0.3) is 5.91 Å². The molecule has 138 valence electrons. The van der Waals surface area contributed by atoms with Gasteiger partial charge in [-0.2, -0.15) is 4.99 Å². The number of hydrogen-bond acceptors (Lipinski definition) is 4. The first-order chi connectivity index (χ1) is 13.2. The van der Waals surface area contributed by atoms with Crippen molar-refractivity contribution in [1.82, 2.24) is 9.47 Å². The summed E-state index contributed by atoms with van der Waals surface area (Å²) in [5.74, 6) is -0.0792. The highest BCUT2D eigenvalue weighted by atomic mass is 32.1. The van der Waals surface area contributed by atoms with Crippen LogP contribution in [0.25, 0.3) is 0 Å². The fraction of sp³-hybridized carbons (Fsp3) is 0.250. The van der Waals surface area contributed by atoms with E-state index < -0.39 is 5.91 Å². The molecule has 3 heterocycles. The summed E-state index contributed by atoms with van der Waals surface area (Å²) in [6, 6.07) is 10.9. The minimum Gasteiger partial charge on any atom is -0.459 e. The standard InChI is InChI=1S/C20H19N3O3S/c24-18(17-4-3-12-26-17)21-20-23(11-13-27-20)14-15-5-7-16(8-6-15)19(25)22-9-1-2-10-22/h3-8,11-13H,1-2,9-10,14H2. The summed E-state index contributed by atoms with van der Waals surface area (Å²) in [5, 5.41) is 1.89. The van der Waals surface area contributed by atoms with E-state index in [1.165, 1.54) is 17.6 Å². The van der Waals surface area contributed by atoms with Gasteiger partial charge < -0.3 is 13.9 Å². The number of benzene rings is 1. The van der Waals surface area contributed by atoms with Gasteiger partial charge in [0.1, 0.15) is 0 Å². The normalized spacial score (nSPS) is 14.7. The Morgan fingerprint density at radius 1 is 1.11 bits per heavy atom. The predicted octanol–water partition coefficient (Wildman–Crippen LogP) is 3.17. The number of aromatic nitrogens is 1. The van der Waals surface area contributed by atoms with E-state index in [4.69, 9.17) is 4.42 Å². The summed E-state index contributed by atoms with van der Waals surface area (Å²) in [5.41, 5.74) is 1.76. The number of carbonyl (C=O) groups excluding carboxylic acids is 2. The zero-order valence-electron chi connectivity index (χ0n) is 14.7. The summed E-state index contributed by atoms with van der Waals surface area (Å²) in [6.07, 6.45) is 5.52. The highest BCUT2D eigenvalue weighted by Crippen LogP contribution is 2.14. The third kappa shape index (κ3) is 3.93. The number of likely N-dealkylation sites (tertiary alicyclic amines) is 1. The molecule has 2 aromatic heterocycles. The number of carbonyl (C=O) groups is 2. The molecule has 0 bridgehead atoms. The molecule has 0 radical (unpaired) electrons. The number of thiazole rings is 1. The van der Waals surface area contributed by atoms with Crippen molar-refractivity contribution in [1.29, 1.82) is 0 Å². The molecule has 1 aromatic carbocycles. The zero-order chi connectivity index (χ0) is 18.6. The number of amides is 2. The van der Waals surface area contributed by atoms with E-state index in [2.05, 4.69) is 4.99 Å². The van der Waals surface area contributed by atoms with Crippen molar-refractivity contribution in [3.8, 4) is 0 Å². The molecule has 0 saturated carbocycles. The van der Waals surface area contributed by atoms with Crippen LogP contribution in [0.2, 0.25) is 0 Å². The Morgan fingerprint density at radius 3 is 2.59 bits per heavy atom. The smallest absolute Gasteiger partial charge is 0.315 e. The third-order valence-corrected chi connectivity index (χ3v) is 5.33. The molecule has 6 nitrogen and oxygen atoms in total. The van der Waals surface area contributed by atoms with Gasteiger partial charge in [0.05, 0.1) is 6.26 Å². The van der Waals surface area contributed by atoms with Gasteiger partial charge in [0.2, 0.25) is 0 Å². The van der Waals surface area contributed by atoms with Crippen molar-refractivity contribution < 1.29 is 14.0 Å². The van der Waals surface area contributed by atoms with Gasteiger partial charge in [-0.3, -0.25) is 9.59 Å². The Balaban J connectivity index is 1.49. The van der Waals surface area contributed by atoms with E-state index in [-0.39, 0.29) is 11.7 Å². The first-order valence-corrected chi connectivity index (χ1v) is 9.73. The van der Waals surface area contributed by atoms with Crippen LogP contribution in [0.15, 0.2) is 63.6 Å². The number of nitrogens with zero attached hydrogens (tertiary/aromatic N) is 3. The summed E-state index contributed by atoms with van der Waals surface area (Å²) in [4.78, 5) is 31.2. The maximum absolute atomic E-state index is 12.4. The molecule has 4 rings (SSSR count). The lowest BCUT2D eigenvalue weighted by Crippen LogP contribution is -2.27. The number of rotatable bonds is 4. The monoisotopic (exact) mass is 381 g/mol. The molecule has 1 aliphatic heterocycles. The van der Waals surface area contributed by atoms with Gasteiger partial charge in [-0.1, -0.05) is 12.1 Å². The van der Waals surface area contributed by atoms with E-state index in [1.807, 2.05) is 45.3 Å². The topological polar surface area (TPSA) is 67.8 Å². The van der Waals surface area contributed by atoms with Crippen LogP contribution in [0.4, 0.5) is 0 Å². The lowest BCUT2D eigenvalue weighted by Gasteiger charge is -2.15. The second-order valence-corrected chi connectivity index (χ2v) is 7.28. The largest absolute Gasteiger partial charge is 0.459 e. The molecule has 7 heteroatoms. The van der Waals surface area contributed by atoms with E-state index in [0.29, 0.717) is 16.9 Å². The van der Waals surface area contributed by atoms with Crippen LogP contribution >= 0.6 is 11.3 Å². The molecule has 0 atom stereocenters. The predicted molar refractivity (Wildman–Crippen MR) is 102 cm³/mol. The summed E-state index contributed by atoms with van der Waals surface area (Å²) in [6.45, 7) is 2.27. The Hall–Kier alpha value is -2.93. The van der Waals surface area contributed by atoms with Crippen molar-refractivity contribution in [2.24, 2.45) is 4.99 Å². The summed E-state index contributed by atoms with van der Waals surface area (Å²) in [7, 11) is 0. The maximum Gasteiger partial charge on any atom is 0.315 e. The lowest BCUT2D eigenvalue weighted by atomic mass is 10.1. The minimum absolute atomic E-state index is 0.0990. The summed E-state index contributed by atoms with van der Waals surface area (Å²) < 4.78 is 7.00. The molecule has 27 heavy (non-hydrogen) atoms. The van der Waals surface area contributed by atoms with Crippen LogP contribution in [-0.2, 0) is 6.54 Å². The van der Waals surface area contributed by atoms with E-state index in [1.54, 1.807) is 12.1 Å². The fourth-order valence-electron chi connectivity index (χ4n) is 3.10. The van der Waals surface area contributed by atoms with E-state index in [9.17, 15) is 9.59 Å². The summed E-state index contributed by atoms with van der Waals surface area (Å²) >= 11 is 1.39. The SMILES string of the molecule is O=C(N=c1sccn1Cc1ccc(C(=O)N2CCCC2)cc1)c1ccco1. The second-order valence-electron chi connectivity index (χ2n) is 6.40. The Morgan fingerprint density at radius 2 is 1.89 bits per heavy atom. The van der Waals surface area contributed by atoms with Crippen LogP contribution in [-0.4, -0.2) is 34.4 Å². The van der Waals surface area contributed by atoms with Crippen LogP contribution in [0.3, 0.4) is 0 Å². The Labute approximate surface area is 160 Å². The van der Waals surface area contributed by atoms with Gasteiger partial charge >= 0.3 is 5.91 Å². The average Bonchev–Trinajstić information content (AvgIpc) is 3.45. The van der Waals surface area contributed by atoms with Crippen LogP contribution in [0.1, 0.15) is 39.3 Å². The van der Waals surface area contributed by atoms with Crippen LogP contribution in [0, 0.1) is 0 Å². The first-order valence-electron chi connectivity index (χ1n) is 8.85. The first kappa shape index (κ1) is 17.5. The van der Waals surface area contributed by atoms with Gasteiger partial charge in [0.15, 0.2) is 10.6 Å². The molecule has 1 saturated heterocycles. The molecule has 3 aromatic rings. The van der Waals surface area contributed by atoms with Crippen molar-refractivity contribution in [3.05, 3.63) is 75.9 Å². The molecule has 1 aliphatic rings. The van der Waals surface area contributed by atoms with Gasteiger partial charge in [-0.25, -0.2) is 0 Å². The molecule has 0 spiro atoms. The molecular weight excluding hydrogens is 362 g/mol.